The molecule has 0 bridgehead atoms. The summed E-state index contributed by atoms with van der Waals surface area (Å²) in [6.07, 6.45) is 1.56. The number of nitrogens with one attached hydrogen (secondary N) is 2. The van der Waals surface area contributed by atoms with E-state index in [1.807, 2.05) is 6.92 Å². The zero-order valence-electron chi connectivity index (χ0n) is 12.7. The lowest BCUT2D eigenvalue weighted by atomic mass is 10.0. The second kappa shape index (κ2) is 7.41. The molecule has 4 nitrogen and oxygen atoms in total. The van der Waals surface area contributed by atoms with Crippen LogP contribution in [0.3, 0.4) is 0 Å². The molecule has 0 radical (unpaired) electrons. The van der Waals surface area contributed by atoms with Crippen LogP contribution in [0.4, 0.5) is 11.6 Å². The molecular weight excluding hydrogens is 328 g/mol. The lowest BCUT2D eigenvalue weighted by Gasteiger charge is -2.11. The van der Waals surface area contributed by atoms with Crippen LogP contribution < -0.4 is 10.6 Å². The van der Waals surface area contributed by atoms with E-state index in [0.717, 1.165) is 29.2 Å². The molecule has 1 aromatic carbocycles. The number of rotatable bonds is 6. The summed E-state index contributed by atoms with van der Waals surface area (Å²) < 4.78 is 0.866. The summed E-state index contributed by atoms with van der Waals surface area (Å²) >= 11 is 3.54. The summed E-state index contributed by atoms with van der Waals surface area (Å²) in [6, 6.07) is 8.67. The highest BCUT2D eigenvalue weighted by Crippen LogP contribution is 2.26. The lowest BCUT2D eigenvalue weighted by molar-refractivity contribution is 0.865. The number of halogens is 1. The van der Waals surface area contributed by atoms with E-state index in [1.165, 1.54) is 11.1 Å². The maximum atomic E-state index is 4.27. The van der Waals surface area contributed by atoms with Crippen molar-refractivity contribution in [2.45, 2.75) is 33.2 Å². The quantitative estimate of drug-likeness (QED) is 0.811. The Morgan fingerprint density at radius 2 is 1.67 bits per heavy atom. The Morgan fingerprint density at radius 1 is 1.05 bits per heavy atom. The molecule has 0 atom stereocenters. The second-order valence-electron chi connectivity index (χ2n) is 5.17. The van der Waals surface area contributed by atoms with Gasteiger partial charge in [-0.1, -0.05) is 38.1 Å². The molecule has 2 aromatic rings. The third-order valence-corrected chi connectivity index (χ3v) is 3.99. The molecule has 0 unspecified atom stereocenters. The van der Waals surface area contributed by atoms with Gasteiger partial charge in [-0.05, 0) is 39.9 Å². The highest BCUT2D eigenvalue weighted by molar-refractivity contribution is 9.10. The molecular formula is C16H21BrN4. The van der Waals surface area contributed by atoms with Crippen molar-refractivity contribution < 1.29 is 0 Å². The minimum absolute atomic E-state index is 0.561. The normalized spacial score (nSPS) is 10.7. The van der Waals surface area contributed by atoms with E-state index >= 15 is 0 Å². The molecule has 0 spiro atoms. The first-order valence-corrected chi connectivity index (χ1v) is 7.98. The van der Waals surface area contributed by atoms with E-state index in [2.05, 4.69) is 74.6 Å². The summed E-state index contributed by atoms with van der Waals surface area (Å²) in [5.41, 5.74) is 2.59. The van der Waals surface area contributed by atoms with Crippen LogP contribution >= 0.6 is 15.9 Å². The molecule has 0 saturated heterocycles. The number of anilines is 2. The summed E-state index contributed by atoms with van der Waals surface area (Å²) in [6.45, 7) is 8.00. The Morgan fingerprint density at radius 3 is 2.24 bits per heavy atom. The maximum Gasteiger partial charge on any atom is 0.146 e. The van der Waals surface area contributed by atoms with Crippen LogP contribution in [0.2, 0.25) is 0 Å². The maximum absolute atomic E-state index is 4.27. The molecule has 2 N–H and O–H groups in total. The predicted molar refractivity (Wildman–Crippen MR) is 91.8 cm³/mol. The molecule has 1 heterocycles. The average Bonchev–Trinajstić information content (AvgIpc) is 2.49. The van der Waals surface area contributed by atoms with Gasteiger partial charge < -0.3 is 10.6 Å². The standard InChI is InChI=1S/C16H21BrN4/c1-4-18-15-14(17)16(21-10-20-15)19-9-12-5-7-13(8-6-12)11(2)3/h5-8,10-11H,4,9H2,1-3H3,(H2,18,19,20,21). The number of hydrogen-bond acceptors (Lipinski definition) is 4. The number of benzene rings is 1. The van der Waals surface area contributed by atoms with Gasteiger partial charge in [-0.15, -0.1) is 0 Å². The summed E-state index contributed by atoms with van der Waals surface area (Å²) in [4.78, 5) is 8.48. The lowest BCUT2D eigenvalue weighted by Crippen LogP contribution is -2.06. The predicted octanol–water partition coefficient (Wildman–Crippen LogP) is 4.41. The van der Waals surface area contributed by atoms with Crippen molar-refractivity contribution in [3.05, 3.63) is 46.2 Å². The van der Waals surface area contributed by atoms with Gasteiger partial charge in [-0.25, -0.2) is 9.97 Å². The van der Waals surface area contributed by atoms with Crippen LogP contribution in [0, 0.1) is 0 Å². The fraction of sp³-hybridized carbons (Fsp3) is 0.375. The summed E-state index contributed by atoms with van der Waals surface area (Å²) in [5, 5.41) is 6.54. The van der Waals surface area contributed by atoms with Gasteiger partial charge in [0.25, 0.3) is 0 Å². The average molecular weight is 349 g/mol. The molecule has 2 rings (SSSR count). The van der Waals surface area contributed by atoms with Crippen molar-refractivity contribution in [3.63, 3.8) is 0 Å². The Hall–Kier alpha value is -1.62. The third-order valence-electron chi connectivity index (χ3n) is 3.24. The van der Waals surface area contributed by atoms with E-state index in [0.29, 0.717) is 5.92 Å². The van der Waals surface area contributed by atoms with E-state index in [9.17, 15) is 0 Å². The molecule has 0 aliphatic heterocycles. The number of hydrogen-bond donors (Lipinski definition) is 2. The van der Waals surface area contributed by atoms with Crippen LogP contribution in [-0.4, -0.2) is 16.5 Å². The molecule has 0 amide bonds. The molecule has 112 valence electrons. The zero-order valence-corrected chi connectivity index (χ0v) is 14.2. The summed E-state index contributed by atoms with van der Waals surface area (Å²) in [7, 11) is 0. The largest absolute Gasteiger partial charge is 0.369 e. The molecule has 5 heteroatoms. The minimum atomic E-state index is 0.561. The van der Waals surface area contributed by atoms with Gasteiger partial charge in [0.2, 0.25) is 0 Å². The van der Waals surface area contributed by atoms with Crippen molar-refractivity contribution in [1.82, 2.24) is 9.97 Å². The highest BCUT2D eigenvalue weighted by atomic mass is 79.9. The topological polar surface area (TPSA) is 49.8 Å². The van der Waals surface area contributed by atoms with Gasteiger partial charge in [-0.3, -0.25) is 0 Å². The van der Waals surface area contributed by atoms with E-state index in [1.54, 1.807) is 6.33 Å². The SMILES string of the molecule is CCNc1ncnc(NCc2ccc(C(C)C)cc2)c1Br. The first-order valence-electron chi connectivity index (χ1n) is 7.19. The smallest absolute Gasteiger partial charge is 0.146 e. The molecule has 21 heavy (non-hydrogen) atoms. The number of aromatic nitrogens is 2. The van der Waals surface area contributed by atoms with Gasteiger partial charge in [0.15, 0.2) is 0 Å². The van der Waals surface area contributed by atoms with Gasteiger partial charge in [-0.2, -0.15) is 0 Å². The van der Waals surface area contributed by atoms with Crippen LogP contribution in [0.5, 0.6) is 0 Å². The van der Waals surface area contributed by atoms with Gasteiger partial charge in [0, 0.05) is 13.1 Å². The van der Waals surface area contributed by atoms with Gasteiger partial charge in [0.1, 0.15) is 22.4 Å². The Kier molecular flexibility index (Phi) is 5.56. The van der Waals surface area contributed by atoms with E-state index < -0.39 is 0 Å². The van der Waals surface area contributed by atoms with Crippen LogP contribution in [0.15, 0.2) is 35.1 Å². The Labute approximate surface area is 134 Å². The van der Waals surface area contributed by atoms with E-state index in [4.69, 9.17) is 0 Å². The Bertz CT molecular complexity index is 581. The molecule has 0 fully saturated rings. The van der Waals surface area contributed by atoms with Crippen molar-refractivity contribution >= 4 is 27.6 Å². The monoisotopic (exact) mass is 348 g/mol. The molecule has 0 aliphatic rings. The number of nitrogens with zero attached hydrogens (tertiary/aromatic N) is 2. The van der Waals surface area contributed by atoms with Crippen molar-refractivity contribution in [3.8, 4) is 0 Å². The third kappa shape index (κ3) is 4.17. The Balaban J connectivity index is 2.04. The van der Waals surface area contributed by atoms with Crippen molar-refractivity contribution in [2.75, 3.05) is 17.2 Å². The molecule has 1 aromatic heterocycles. The van der Waals surface area contributed by atoms with Gasteiger partial charge in [0.05, 0.1) is 0 Å². The zero-order chi connectivity index (χ0) is 15.2. The summed E-state index contributed by atoms with van der Waals surface area (Å²) in [5.74, 6) is 2.17. The molecule has 0 aliphatic carbocycles. The van der Waals surface area contributed by atoms with Crippen molar-refractivity contribution in [2.24, 2.45) is 0 Å². The second-order valence-corrected chi connectivity index (χ2v) is 5.96. The minimum Gasteiger partial charge on any atom is -0.369 e. The first kappa shape index (κ1) is 15.8. The molecule has 0 saturated carbocycles. The van der Waals surface area contributed by atoms with E-state index in [-0.39, 0.29) is 0 Å². The fourth-order valence-electron chi connectivity index (χ4n) is 1.99. The van der Waals surface area contributed by atoms with Crippen LogP contribution in [0.25, 0.3) is 0 Å². The van der Waals surface area contributed by atoms with Crippen LogP contribution in [-0.2, 0) is 6.54 Å². The van der Waals surface area contributed by atoms with Crippen molar-refractivity contribution in [1.29, 1.82) is 0 Å². The first-order chi connectivity index (χ1) is 10.1. The fourth-order valence-corrected chi connectivity index (χ4v) is 2.48. The van der Waals surface area contributed by atoms with Crippen LogP contribution in [0.1, 0.15) is 37.8 Å². The highest BCUT2D eigenvalue weighted by Gasteiger charge is 2.07. The van der Waals surface area contributed by atoms with Gasteiger partial charge >= 0.3 is 0 Å².